The van der Waals surface area contributed by atoms with Crippen molar-refractivity contribution in [1.82, 2.24) is 15.6 Å². The molecular formula is C16H20ClN3O2. The number of aryl methyl sites for hydroxylation is 1. The summed E-state index contributed by atoms with van der Waals surface area (Å²) in [6.07, 6.45) is 2.46. The van der Waals surface area contributed by atoms with Crippen LogP contribution in [0.2, 0.25) is 5.02 Å². The van der Waals surface area contributed by atoms with Crippen LogP contribution in [0.1, 0.15) is 19.2 Å². The van der Waals surface area contributed by atoms with E-state index >= 15 is 0 Å². The number of carbonyl (C=O) groups excluding carboxylic acids is 1. The van der Waals surface area contributed by atoms with Gasteiger partial charge in [0.25, 0.3) is 0 Å². The molecule has 118 valence electrons. The predicted octanol–water partition coefficient (Wildman–Crippen LogP) is 2.65. The summed E-state index contributed by atoms with van der Waals surface area (Å²) < 4.78 is 5.66. The van der Waals surface area contributed by atoms with E-state index in [1.165, 1.54) is 0 Å². The maximum absolute atomic E-state index is 11.7. The number of nitrogens with one attached hydrogen (secondary N) is 2. The molecule has 0 fully saturated rings. The number of aromatic nitrogens is 1. The number of likely N-dealkylation sites (N-methyl/N-ethyl adjacent to an activating group) is 1. The van der Waals surface area contributed by atoms with Gasteiger partial charge in [-0.2, -0.15) is 0 Å². The molecule has 1 aromatic carbocycles. The second-order valence-electron chi connectivity index (χ2n) is 4.80. The SMILES string of the molecule is CCNCCNC(=O)CCc1ncc(-c2ccccc2Cl)o1. The first-order chi connectivity index (χ1) is 10.7. The molecule has 5 nitrogen and oxygen atoms in total. The van der Waals surface area contributed by atoms with Crippen LogP contribution in [0.4, 0.5) is 0 Å². The Labute approximate surface area is 135 Å². The first-order valence-electron chi connectivity index (χ1n) is 7.37. The van der Waals surface area contributed by atoms with E-state index in [2.05, 4.69) is 15.6 Å². The Morgan fingerprint density at radius 1 is 1.32 bits per heavy atom. The van der Waals surface area contributed by atoms with Crippen LogP contribution in [0.5, 0.6) is 0 Å². The first kappa shape index (κ1) is 16.5. The predicted molar refractivity (Wildman–Crippen MR) is 86.8 cm³/mol. The molecule has 0 saturated carbocycles. The number of halogens is 1. The number of nitrogens with zero attached hydrogens (tertiary/aromatic N) is 1. The van der Waals surface area contributed by atoms with E-state index in [0.29, 0.717) is 36.1 Å². The summed E-state index contributed by atoms with van der Waals surface area (Å²) in [6, 6.07) is 7.43. The van der Waals surface area contributed by atoms with Crippen molar-refractivity contribution < 1.29 is 9.21 Å². The summed E-state index contributed by atoms with van der Waals surface area (Å²) in [4.78, 5) is 15.9. The van der Waals surface area contributed by atoms with Crippen molar-refractivity contribution in [3.8, 4) is 11.3 Å². The monoisotopic (exact) mass is 321 g/mol. The van der Waals surface area contributed by atoms with Crippen LogP contribution in [0, 0.1) is 0 Å². The molecule has 1 amide bonds. The number of hydrogen-bond acceptors (Lipinski definition) is 4. The fraction of sp³-hybridized carbons (Fsp3) is 0.375. The molecule has 0 saturated heterocycles. The van der Waals surface area contributed by atoms with E-state index in [1.54, 1.807) is 12.3 Å². The molecule has 0 aliphatic rings. The Hall–Kier alpha value is -1.85. The summed E-state index contributed by atoms with van der Waals surface area (Å²) in [5.74, 6) is 1.15. The quantitative estimate of drug-likeness (QED) is 0.734. The Bertz CT molecular complexity index is 613. The van der Waals surface area contributed by atoms with Gasteiger partial charge in [-0.1, -0.05) is 30.7 Å². The topological polar surface area (TPSA) is 67.2 Å². The number of oxazole rings is 1. The van der Waals surface area contributed by atoms with Crippen molar-refractivity contribution in [3.05, 3.63) is 41.4 Å². The zero-order valence-electron chi connectivity index (χ0n) is 12.6. The first-order valence-corrected chi connectivity index (χ1v) is 7.75. The molecule has 1 aromatic heterocycles. The Morgan fingerprint density at radius 3 is 2.91 bits per heavy atom. The minimum atomic E-state index is -0.00426. The van der Waals surface area contributed by atoms with Gasteiger partial charge in [0.15, 0.2) is 11.7 Å². The fourth-order valence-corrected chi connectivity index (χ4v) is 2.22. The van der Waals surface area contributed by atoms with Crippen molar-refractivity contribution in [1.29, 1.82) is 0 Å². The minimum absolute atomic E-state index is 0.00426. The zero-order valence-corrected chi connectivity index (χ0v) is 13.3. The number of amides is 1. The number of carbonyl (C=O) groups is 1. The van der Waals surface area contributed by atoms with E-state index in [9.17, 15) is 4.79 Å². The highest BCUT2D eigenvalue weighted by Gasteiger charge is 2.10. The largest absolute Gasteiger partial charge is 0.441 e. The summed E-state index contributed by atoms with van der Waals surface area (Å²) in [7, 11) is 0. The maximum atomic E-state index is 11.7. The van der Waals surface area contributed by atoms with Crippen LogP contribution in [-0.4, -0.2) is 30.5 Å². The van der Waals surface area contributed by atoms with Crippen molar-refractivity contribution in [3.63, 3.8) is 0 Å². The fourth-order valence-electron chi connectivity index (χ4n) is 1.99. The van der Waals surface area contributed by atoms with Gasteiger partial charge in [-0.3, -0.25) is 4.79 Å². The van der Waals surface area contributed by atoms with E-state index in [0.717, 1.165) is 18.7 Å². The van der Waals surface area contributed by atoms with Crippen LogP contribution >= 0.6 is 11.6 Å². The molecule has 22 heavy (non-hydrogen) atoms. The molecule has 0 atom stereocenters. The zero-order chi connectivity index (χ0) is 15.8. The van der Waals surface area contributed by atoms with Gasteiger partial charge in [-0.15, -0.1) is 0 Å². The van der Waals surface area contributed by atoms with Gasteiger partial charge in [0.05, 0.1) is 11.2 Å². The average molecular weight is 322 g/mol. The van der Waals surface area contributed by atoms with Gasteiger partial charge in [0, 0.05) is 31.5 Å². The molecule has 2 rings (SSSR count). The standard InChI is InChI=1S/C16H20ClN3O2/c1-2-18-9-10-19-15(21)7-8-16-20-11-14(22-16)12-5-3-4-6-13(12)17/h3-6,11,18H,2,7-10H2,1H3,(H,19,21). The van der Waals surface area contributed by atoms with Crippen molar-refractivity contribution in [2.24, 2.45) is 0 Å². The van der Waals surface area contributed by atoms with Crippen LogP contribution in [0.3, 0.4) is 0 Å². The molecule has 0 unspecified atom stereocenters. The molecule has 0 aliphatic carbocycles. The summed E-state index contributed by atoms with van der Waals surface area (Å²) in [5, 5.41) is 6.61. The van der Waals surface area contributed by atoms with Gasteiger partial charge < -0.3 is 15.1 Å². The summed E-state index contributed by atoms with van der Waals surface area (Å²) >= 11 is 6.12. The number of benzene rings is 1. The Balaban J connectivity index is 1.83. The Morgan fingerprint density at radius 2 is 2.14 bits per heavy atom. The molecule has 0 bridgehead atoms. The van der Waals surface area contributed by atoms with Crippen molar-refractivity contribution >= 4 is 17.5 Å². The second kappa shape index (κ2) is 8.56. The van der Waals surface area contributed by atoms with E-state index in [1.807, 2.05) is 25.1 Å². The third-order valence-electron chi connectivity index (χ3n) is 3.13. The molecule has 2 N–H and O–H groups in total. The van der Waals surface area contributed by atoms with Gasteiger partial charge >= 0.3 is 0 Å². The molecule has 2 aromatic rings. The van der Waals surface area contributed by atoms with Crippen LogP contribution < -0.4 is 10.6 Å². The summed E-state index contributed by atoms with van der Waals surface area (Å²) in [6.45, 7) is 4.33. The van der Waals surface area contributed by atoms with Crippen molar-refractivity contribution in [2.45, 2.75) is 19.8 Å². The maximum Gasteiger partial charge on any atom is 0.220 e. The highest BCUT2D eigenvalue weighted by Crippen LogP contribution is 2.28. The molecule has 6 heteroatoms. The normalized spacial score (nSPS) is 10.6. The highest BCUT2D eigenvalue weighted by molar-refractivity contribution is 6.33. The lowest BCUT2D eigenvalue weighted by Gasteiger charge is -2.04. The lowest BCUT2D eigenvalue weighted by Crippen LogP contribution is -2.31. The molecule has 0 aliphatic heterocycles. The Kier molecular flexibility index (Phi) is 6.43. The van der Waals surface area contributed by atoms with Gasteiger partial charge in [0.2, 0.25) is 5.91 Å². The third kappa shape index (κ3) is 4.86. The van der Waals surface area contributed by atoms with Crippen molar-refractivity contribution in [2.75, 3.05) is 19.6 Å². The van der Waals surface area contributed by atoms with Crippen LogP contribution in [0.25, 0.3) is 11.3 Å². The second-order valence-corrected chi connectivity index (χ2v) is 5.21. The number of hydrogen-bond donors (Lipinski definition) is 2. The average Bonchev–Trinajstić information content (AvgIpc) is 2.99. The molecular weight excluding hydrogens is 302 g/mol. The number of rotatable bonds is 8. The van der Waals surface area contributed by atoms with E-state index < -0.39 is 0 Å². The lowest BCUT2D eigenvalue weighted by molar-refractivity contribution is -0.121. The van der Waals surface area contributed by atoms with Crippen LogP contribution in [0.15, 0.2) is 34.9 Å². The van der Waals surface area contributed by atoms with E-state index in [-0.39, 0.29) is 5.91 Å². The van der Waals surface area contributed by atoms with Gasteiger partial charge in [0.1, 0.15) is 0 Å². The van der Waals surface area contributed by atoms with Gasteiger partial charge in [-0.05, 0) is 18.7 Å². The third-order valence-corrected chi connectivity index (χ3v) is 3.46. The molecule has 0 spiro atoms. The highest BCUT2D eigenvalue weighted by atomic mass is 35.5. The minimum Gasteiger partial charge on any atom is -0.441 e. The smallest absolute Gasteiger partial charge is 0.220 e. The lowest BCUT2D eigenvalue weighted by atomic mass is 10.2. The van der Waals surface area contributed by atoms with Gasteiger partial charge in [-0.25, -0.2) is 4.98 Å². The molecule has 0 radical (unpaired) electrons. The summed E-state index contributed by atoms with van der Waals surface area (Å²) in [5.41, 5.74) is 0.804. The van der Waals surface area contributed by atoms with E-state index in [4.69, 9.17) is 16.0 Å². The molecule has 1 heterocycles. The van der Waals surface area contributed by atoms with Crippen LogP contribution in [-0.2, 0) is 11.2 Å².